The van der Waals surface area contributed by atoms with E-state index in [2.05, 4.69) is 4.40 Å². The van der Waals surface area contributed by atoms with Crippen LogP contribution in [0.3, 0.4) is 0 Å². The lowest BCUT2D eigenvalue weighted by Crippen LogP contribution is -2.19. The Labute approximate surface area is 98.4 Å². The zero-order valence-electron chi connectivity index (χ0n) is 9.60. The first-order valence-electron chi connectivity index (χ1n) is 4.90. The molecule has 0 aliphatic heterocycles. The lowest BCUT2D eigenvalue weighted by atomic mass is 10.1. The molecule has 0 saturated heterocycles. The van der Waals surface area contributed by atoms with E-state index in [9.17, 15) is 4.21 Å². The van der Waals surface area contributed by atoms with Gasteiger partial charge in [0.1, 0.15) is 11.0 Å². The van der Waals surface area contributed by atoms with Gasteiger partial charge in [-0.15, -0.1) is 0 Å². The number of rotatable bonds is 2. The third-order valence-electron chi connectivity index (χ3n) is 1.84. The van der Waals surface area contributed by atoms with Crippen molar-refractivity contribution in [1.29, 1.82) is 5.26 Å². The summed E-state index contributed by atoms with van der Waals surface area (Å²) in [6, 6.07) is 9.08. The van der Waals surface area contributed by atoms with E-state index in [0.717, 1.165) is 5.56 Å². The first-order valence-corrected chi connectivity index (χ1v) is 6.00. The Bertz CT molecular complexity index is 467. The molecule has 0 radical (unpaired) electrons. The van der Waals surface area contributed by atoms with Crippen LogP contribution in [0.2, 0.25) is 0 Å². The van der Waals surface area contributed by atoms with E-state index in [1.54, 1.807) is 24.4 Å². The largest absolute Gasteiger partial charge is 0.234 e. The van der Waals surface area contributed by atoms with Gasteiger partial charge in [0.2, 0.25) is 0 Å². The summed E-state index contributed by atoms with van der Waals surface area (Å²) >= 11 is 0. The maximum Gasteiger partial charge on any atom is 0.144 e. The zero-order chi connectivity index (χ0) is 12.2. The Morgan fingerprint density at radius 3 is 2.69 bits per heavy atom. The topological polar surface area (TPSA) is 53.2 Å². The van der Waals surface area contributed by atoms with Gasteiger partial charge >= 0.3 is 0 Å². The van der Waals surface area contributed by atoms with Gasteiger partial charge in [0.25, 0.3) is 0 Å². The Kier molecular flexibility index (Phi) is 3.97. The zero-order valence-corrected chi connectivity index (χ0v) is 10.4. The highest BCUT2D eigenvalue weighted by molar-refractivity contribution is 7.85. The van der Waals surface area contributed by atoms with Crippen molar-refractivity contribution in [3.63, 3.8) is 0 Å². The summed E-state index contributed by atoms with van der Waals surface area (Å²) in [5, 5.41) is 8.71. The molecule has 0 heterocycles. The third kappa shape index (κ3) is 3.59. The number of benzene rings is 1. The second-order valence-electron chi connectivity index (χ2n) is 4.33. The molecule has 0 aromatic heterocycles. The van der Waals surface area contributed by atoms with Crippen molar-refractivity contribution >= 4 is 17.2 Å². The molecule has 3 nitrogen and oxygen atoms in total. The summed E-state index contributed by atoms with van der Waals surface area (Å²) < 4.78 is 15.3. The molecule has 0 N–H and O–H groups in total. The van der Waals surface area contributed by atoms with E-state index >= 15 is 0 Å². The molecule has 0 aliphatic rings. The Hall–Kier alpha value is -1.47. The van der Waals surface area contributed by atoms with E-state index in [1.807, 2.05) is 32.9 Å². The molecule has 16 heavy (non-hydrogen) atoms. The Morgan fingerprint density at radius 1 is 1.44 bits per heavy atom. The summed E-state index contributed by atoms with van der Waals surface area (Å²) in [6.45, 7) is 5.60. The predicted molar refractivity (Wildman–Crippen MR) is 66.6 cm³/mol. The Balaban J connectivity index is 2.85. The molecule has 1 atom stereocenters. The second-order valence-corrected chi connectivity index (χ2v) is 6.27. The van der Waals surface area contributed by atoms with Gasteiger partial charge in [-0.05, 0) is 38.5 Å². The number of nitriles is 1. The molecule has 0 saturated carbocycles. The minimum Gasteiger partial charge on any atom is -0.234 e. The van der Waals surface area contributed by atoms with Gasteiger partial charge in [-0.3, -0.25) is 0 Å². The number of nitrogens with zero attached hydrogens (tertiary/aromatic N) is 2. The summed E-state index contributed by atoms with van der Waals surface area (Å²) in [5.41, 5.74) is 1.36. The van der Waals surface area contributed by atoms with Crippen molar-refractivity contribution in [2.75, 3.05) is 0 Å². The second kappa shape index (κ2) is 5.04. The molecule has 1 aromatic rings. The van der Waals surface area contributed by atoms with Crippen LogP contribution in [0.15, 0.2) is 28.7 Å². The first kappa shape index (κ1) is 12.6. The SMILES string of the molecule is CC(C)(C)S(=O)/N=C/c1cccc(C#N)c1. The fourth-order valence-electron chi connectivity index (χ4n) is 0.955. The number of hydrogen-bond donors (Lipinski definition) is 0. The molecule has 0 amide bonds. The smallest absolute Gasteiger partial charge is 0.144 e. The maximum absolute atomic E-state index is 11.6. The molecule has 0 fully saturated rings. The highest BCUT2D eigenvalue weighted by Gasteiger charge is 2.17. The van der Waals surface area contributed by atoms with Crippen molar-refractivity contribution < 1.29 is 4.21 Å². The van der Waals surface area contributed by atoms with Gasteiger partial charge < -0.3 is 0 Å². The molecule has 84 valence electrons. The van der Waals surface area contributed by atoms with Gasteiger partial charge in [0, 0.05) is 6.21 Å². The average Bonchev–Trinajstić information content (AvgIpc) is 2.25. The molecule has 1 rings (SSSR count). The predicted octanol–water partition coefficient (Wildman–Crippen LogP) is 2.44. The van der Waals surface area contributed by atoms with E-state index in [0.29, 0.717) is 5.56 Å². The van der Waals surface area contributed by atoms with Crippen LogP contribution in [0, 0.1) is 11.3 Å². The van der Waals surface area contributed by atoms with Crippen molar-refractivity contribution in [2.45, 2.75) is 25.5 Å². The summed E-state index contributed by atoms with van der Waals surface area (Å²) in [5.74, 6) is 0. The van der Waals surface area contributed by atoms with Crippen LogP contribution in [0.5, 0.6) is 0 Å². The number of hydrogen-bond acceptors (Lipinski definition) is 2. The summed E-state index contributed by atoms with van der Waals surface area (Å²) in [6.07, 6.45) is 1.54. The molecule has 4 heteroatoms. The van der Waals surface area contributed by atoms with Gasteiger partial charge in [-0.2, -0.15) is 9.66 Å². The van der Waals surface area contributed by atoms with Crippen molar-refractivity contribution in [2.24, 2.45) is 4.40 Å². The van der Waals surface area contributed by atoms with Crippen LogP contribution < -0.4 is 0 Å². The standard InChI is InChI=1S/C12H14N2OS/c1-12(2,3)16(15)14-9-11-6-4-5-10(7-11)8-13/h4-7,9H,1-3H3/b14-9+. The van der Waals surface area contributed by atoms with Crippen LogP contribution in [0.25, 0.3) is 0 Å². The van der Waals surface area contributed by atoms with Gasteiger partial charge in [0.05, 0.1) is 16.4 Å². The highest BCUT2D eigenvalue weighted by Crippen LogP contribution is 2.12. The van der Waals surface area contributed by atoms with Crippen molar-refractivity contribution in [1.82, 2.24) is 0 Å². The molecule has 0 spiro atoms. The van der Waals surface area contributed by atoms with Gasteiger partial charge in [-0.1, -0.05) is 12.1 Å². The molecular weight excluding hydrogens is 220 g/mol. The average molecular weight is 234 g/mol. The summed E-state index contributed by atoms with van der Waals surface area (Å²) in [4.78, 5) is 0. The van der Waals surface area contributed by atoms with Crippen LogP contribution in [-0.2, 0) is 11.0 Å². The maximum atomic E-state index is 11.6. The van der Waals surface area contributed by atoms with E-state index < -0.39 is 11.0 Å². The van der Waals surface area contributed by atoms with Gasteiger partial charge in [-0.25, -0.2) is 4.21 Å². The lowest BCUT2D eigenvalue weighted by molar-refractivity contribution is 0.651. The highest BCUT2D eigenvalue weighted by atomic mass is 32.2. The minimum atomic E-state index is -1.26. The van der Waals surface area contributed by atoms with Crippen LogP contribution in [-0.4, -0.2) is 15.2 Å². The van der Waals surface area contributed by atoms with Crippen LogP contribution in [0.1, 0.15) is 31.9 Å². The molecule has 0 aliphatic carbocycles. The van der Waals surface area contributed by atoms with Crippen molar-refractivity contribution in [3.8, 4) is 6.07 Å². The van der Waals surface area contributed by atoms with Crippen LogP contribution >= 0.6 is 0 Å². The Morgan fingerprint density at radius 2 is 2.12 bits per heavy atom. The first-order chi connectivity index (χ1) is 7.43. The third-order valence-corrected chi connectivity index (χ3v) is 3.18. The monoisotopic (exact) mass is 234 g/mol. The minimum absolute atomic E-state index is 0.358. The summed E-state index contributed by atoms with van der Waals surface area (Å²) in [7, 11) is -1.26. The molecule has 1 unspecified atom stereocenters. The van der Waals surface area contributed by atoms with E-state index in [1.165, 1.54) is 0 Å². The van der Waals surface area contributed by atoms with Crippen molar-refractivity contribution in [3.05, 3.63) is 35.4 Å². The quantitative estimate of drug-likeness (QED) is 0.738. The van der Waals surface area contributed by atoms with E-state index in [4.69, 9.17) is 5.26 Å². The molecule has 1 aromatic carbocycles. The molecular formula is C12H14N2OS. The fourth-order valence-corrected chi connectivity index (χ4v) is 1.49. The van der Waals surface area contributed by atoms with E-state index in [-0.39, 0.29) is 4.75 Å². The lowest BCUT2D eigenvalue weighted by Gasteiger charge is -2.12. The normalized spacial score (nSPS) is 13.6. The fraction of sp³-hybridized carbons (Fsp3) is 0.333. The molecule has 0 bridgehead atoms. The van der Waals surface area contributed by atoms with Gasteiger partial charge in [0.15, 0.2) is 0 Å². The van der Waals surface area contributed by atoms with Crippen LogP contribution in [0.4, 0.5) is 0 Å².